The summed E-state index contributed by atoms with van der Waals surface area (Å²) < 4.78 is 0. The van der Waals surface area contributed by atoms with Crippen LogP contribution in [0.4, 0.5) is 0 Å². The SMILES string of the molecule is CCCCC/C=C\CCCCCCC/C=C/CCC(O)CCC/C=C/CCCCC. The van der Waals surface area contributed by atoms with E-state index in [1.165, 1.54) is 96.3 Å². The van der Waals surface area contributed by atoms with Gasteiger partial charge in [-0.1, -0.05) is 95.2 Å². The van der Waals surface area contributed by atoms with Crippen molar-refractivity contribution >= 4 is 0 Å². The molecule has 0 bridgehead atoms. The predicted octanol–water partition coefficient (Wildman–Crippen LogP) is 9.86. The largest absolute Gasteiger partial charge is 0.393 e. The average Bonchev–Trinajstić information content (AvgIpc) is 2.75. The second-order valence-electron chi connectivity index (χ2n) is 8.91. The Morgan fingerprint density at radius 2 is 0.800 bits per heavy atom. The van der Waals surface area contributed by atoms with E-state index < -0.39 is 0 Å². The molecule has 0 aromatic carbocycles. The molecule has 30 heavy (non-hydrogen) atoms. The second-order valence-corrected chi connectivity index (χ2v) is 8.91. The van der Waals surface area contributed by atoms with E-state index in [2.05, 4.69) is 50.3 Å². The maximum absolute atomic E-state index is 10.1. The van der Waals surface area contributed by atoms with Crippen LogP contribution in [0.25, 0.3) is 0 Å². The van der Waals surface area contributed by atoms with Crippen LogP contribution in [0.3, 0.4) is 0 Å². The quantitative estimate of drug-likeness (QED) is 0.129. The topological polar surface area (TPSA) is 20.2 Å². The van der Waals surface area contributed by atoms with E-state index in [4.69, 9.17) is 0 Å². The van der Waals surface area contributed by atoms with Crippen LogP contribution < -0.4 is 0 Å². The summed E-state index contributed by atoms with van der Waals surface area (Å²) in [5, 5.41) is 10.1. The maximum atomic E-state index is 10.1. The molecule has 0 saturated carbocycles. The van der Waals surface area contributed by atoms with Gasteiger partial charge in [-0.3, -0.25) is 0 Å². The van der Waals surface area contributed by atoms with Crippen LogP contribution in [0, 0.1) is 0 Å². The lowest BCUT2D eigenvalue weighted by atomic mass is 10.1. The van der Waals surface area contributed by atoms with Crippen molar-refractivity contribution in [1.82, 2.24) is 0 Å². The lowest BCUT2D eigenvalue weighted by molar-refractivity contribution is 0.153. The number of aliphatic hydroxyl groups is 1. The fourth-order valence-corrected chi connectivity index (χ4v) is 3.69. The van der Waals surface area contributed by atoms with Crippen molar-refractivity contribution in [3.63, 3.8) is 0 Å². The molecular weight excluding hydrogens is 364 g/mol. The molecular formula is C29H54O. The van der Waals surface area contributed by atoms with Gasteiger partial charge < -0.3 is 5.11 Å². The number of unbranched alkanes of at least 4 members (excludes halogenated alkanes) is 13. The average molecular weight is 419 g/mol. The highest BCUT2D eigenvalue weighted by Gasteiger charge is 2.01. The summed E-state index contributed by atoms with van der Waals surface area (Å²) >= 11 is 0. The van der Waals surface area contributed by atoms with E-state index in [1.807, 2.05) is 0 Å². The van der Waals surface area contributed by atoms with Crippen LogP contribution in [0.5, 0.6) is 0 Å². The van der Waals surface area contributed by atoms with Gasteiger partial charge in [0, 0.05) is 0 Å². The summed E-state index contributed by atoms with van der Waals surface area (Å²) in [6.07, 6.45) is 38.7. The van der Waals surface area contributed by atoms with Crippen LogP contribution in [-0.4, -0.2) is 11.2 Å². The van der Waals surface area contributed by atoms with Gasteiger partial charge in [-0.25, -0.2) is 0 Å². The highest BCUT2D eigenvalue weighted by atomic mass is 16.3. The Morgan fingerprint density at radius 1 is 0.433 bits per heavy atom. The summed E-state index contributed by atoms with van der Waals surface area (Å²) in [5.74, 6) is 0. The Bertz CT molecular complexity index is 393. The van der Waals surface area contributed by atoms with Crippen LogP contribution >= 0.6 is 0 Å². The van der Waals surface area contributed by atoms with Gasteiger partial charge in [-0.2, -0.15) is 0 Å². The van der Waals surface area contributed by atoms with Gasteiger partial charge in [0.1, 0.15) is 0 Å². The third-order valence-corrected chi connectivity index (χ3v) is 5.76. The fourth-order valence-electron chi connectivity index (χ4n) is 3.69. The Morgan fingerprint density at radius 3 is 1.27 bits per heavy atom. The predicted molar refractivity (Wildman–Crippen MR) is 137 cm³/mol. The lowest BCUT2D eigenvalue weighted by Gasteiger charge is -2.07. The maximum Gasteiger partial charge on any atom is 0.0543 e. The van der Waals surface area contributed by atoms with Crippen molar-refractivity contribution in [2.75, 3.05) is 0 Å². The molecule has 0 aliphatic rings. The Hall–Kier alpha value is -0.820. The molecule has 0 aromatic heterocycles. The number of hydrogen-bond donors (Lipinski definition) is 1. The minimum absolute atomic E-state index is 0.121. The molecule has 0 saturated heterocycles. The van der Waals surface area contributed by atoms with Crippen molar-refractivity contribution in [3.8, 4) is 0 Å². The summed E-state index contributed by atoms with van der Waals surface area (Å²) in [7, 11) is 0. The minimum atomic E-state index is -0.121. The molecule has 0 amide bonds. The molecule has 0 radical (unpaired) electrons. The van der Waals surface area contributed by atoms with E-state index in [1.54, 1.807) is 0 Å². The molecule has 176 valence electrons. The van der Waals surface area contributed by atoms with Gasteiger partial charge >= 0.3 is 0 Å². The Labute approximate surface area is 190 Å². The number of rotatable bonds is 23. The molecule has 1 nitrogen and oxygen atoms in total. The highest BCUT2D eigenvalue weighted by Crippen LogP contribution is 2.11. The summed E-state index contributed by atoms with van der Waals surface area (Å²) in [6, 6.07) is 0. The van der Waals surface area contributed by atoms with Gasteiger partial charge in [-0.15, -0.1) is 0 Å². The van der Waals surface area contributed by atoms with Gasteiger partial charge in [0.05, 0.1) is 6.10 Å². The third kappa shape index (κ3) is 25.2. The smallest absolute Gasteiger partial charge is 0.0543 e. The van der Waals surface area contributed by atoms with E-state index in [9.17, 15) is 5.11 Å². The number of hydrogen-bond acceptors (Lipinski definition) is 1. The van der Waals surface area contributed by atoms with Crippen molar-refractivity contribution in [2.24, 2.45) is 0 Å². The van der Waals surface area contributed by atoms with E-state index in [0.717, 1.165) is 32.1 Å². The summed E-state index contributed by atoms with van der Waals surface area (Å²) in [4.78, 5) is 0. The fraction of sp³-hybridized carbons (Fsp3) is 0.793. The first kappa shape index (κ1) is 29.2. The standard InChI is InChI=1S/C29H54O/c1-3-5-7-9-11-13-14-15-16-17-18-19-20-22-24-26-28-29(30)27-25-23-21-12-10-8-6-4-2/h11-13,21-22,24,29-30H,3-10,14-20,23,25-28H2,1-2H3/b13-11-,21-12+,24-22+. The first-order chi connectivity index (χ1) is 14.8. The molecule has 0 fully saturated rings. The molecule has 0 spiro atoms. The molecule has 0 aromatic rings. The molecule has 1 atom stereocenters. The zero-order valence-electron chi connectivity index (χ0n) is 20.6. The highest BCUT2D eigenvalue weighted by molar-refractivity contribution is 4.84. The van der Waals surface area contributed by atoms with Crippen LogP contribution in [0.15, 0.2) is 36.5 Å². The van der Waals surface area contributed by atoms with Gasteiger partial charge in [0.15, 0.2) is 0 Å². The van der Waals surface area contributed by atoms with Crippen molar-refractivity contribution in [3.05, 3.63) is 36.5 Å². The molecule has 1 heteroatoms. The zero-order chi connectivity index (χ0) is 22.0. The number of allylic oxidation sites excluding steroid dienone is 6. The molecule has 1 unspecified atom stereocenters. The number of aliphatic hydroxyl groups excluding tert-OH is 1. The molecule has 0 rings (SSSR count). The van der Waals surface area contributed by atoms with E-state index in [0.29, 0.717) is 0 Å². The summed E-state index contributed by atoms with van der Waals surface area (Å²) in [6.45, 7) is 4.51. The summed E-state index contributed by atoms with van der Waals surface area (Å²) in [5.41, 5.74) is 0. The van der Waals surface area contributed by atoms with Crippen molar-refractivity contribution in [1.29, 1.82) is 0 Å². The lowest BCUT2D eigenvalue weighted by Crippen LogP contribution is -2.04. The first-order valence-corrected chi connectivity index (χ1v) is 13.4. The van der Waals surface area contributed by atoms with Gasteiger partial charge in [-0.05, 0) is 83.5 Å². The molecule has 1 N–H and O–H groups in total. The van der Waals surface area contributed by atoms with Gasteiger partial charge in [0.25, 0.3) is 0 Å². The zero-order valence-corrected chi connectivity index (χ0v) is 20.6. The van der Waals surface area contributed by atoms with Gasteiger partial charge in [0.2, 0.25) is 0 Å². The van der Waals surface area contributed by atoms with Crippen LogP contribution in [0.1, 0.15) is 142 Å². The molecule has 0 aliphatic carbocycles. The van der Waals surface area contributed by atoms with E-state index >= 15 is 0 Å². The third-order valence-electron chi connectivity index (χ3n) is 5.76. The normalized spacial score (nSPS) is 13.3. The molecule has 0 aliphatic heterocycles. The molecule has 0 heterocycles. The first-order valence-electron chi connectivity index (χ1n) is 13.4. The van der Waals surface area contributed by atoms with Crippen LogP contribution in [-0.2, 0) is 0 Å². The monoisotopic (exact) mass is 418 g/mol. The van der Waals surface area contributed by atoms with Crippen LogP contribution in [0.2, 0.25) is 0 Å². The van der Waals surface area contributed by atoms with E-state index in [-0.39, 0.29) is 6.10 Å². The minimum Gasteiger partial charge on any atom is -0.393 e. The van der Waals surface area contributed by atoms with Crippen molar-refractivity contribution in [2.45, 2.75) is 148 Å². The Kier molecular flexibility index (Phi) is 25.5. The van der Waals surface area contributed by atoms with Crippen molar-refractivity contribution < 1.29 is 5.11 Å². The Balaban J connectivity index is 3.30. The second kappa shape index (κ2) is 26.2.